The van der Waals surface area contributed by atoms with Crippen LogP contribution in [0, 0.1) is 0 Å². The molecular formula is C20H20N4O2. The van der Waals surface area contributed by atoms with Gasteiger partial charge in [0.25, 0.3) is 5.91 Å². The van der Waals surface area contributed by atoms with Crippen molar-refractivity contribution < 1.29 is 9.53 Å². The predicted molar refractivity (Wildman–Crippen MR) is 102 cm³/mol. The average molecular weight is 348 g/mol. The zero-order valence-electron chi connectivity index (χ0n) is 14.7. The average Bonchev–Trinajstić information content (AvgIpc) is 2.70. The molecule has 3 aromatic rings. The first kappa shape index (κ1) is 17.4. The van der Waals surface area contributed by atoms with E-state index in [1.54, 1.807) is 37.4 Å². The van der Waals surface area contributed by atoms with E-state index in [-0.39, 0.29) is 5.91 Å². The van der Waals surface area contributed by atoms with Gasteiger partial charge in [0.1, 0.15) is 23.6 Å². The summed E-state index contributed by atoms with van der Waals surface area (Å²) in [4.78, 5) is 23.0. The minimum Gasteiger partial charge on any atom is -0.497 e. The van der Waals surface area contributed by atoms with Crippen LogP contribution in [-0.4, -0.2) is 29.5 Å². The maximum Gasteiger partial charge on any atom is 0.274 e. The quantitative estimate of drug-likeness (QED) is 0.732. The van der Waals surface area contributed by atoms with E-state index >= 15 is 0 Å². The van der Waals surface area contributed by atoms with E-state index in [1.165, 1.54) is 6.33 Å². The van der Waals surface area contributed by atoms with E-state index in [0.29, 0.717) is 17.2 Å². The Kier molecular flexibility index (Phi) is 5.43. The number of carbonyl (C=O) groups is 1. The second-order valence-electron chi connectivity index (χ2n) is 5.52. The van der Waals surface area contributed by atoms with Crippen molar-refractivity contribution in [3.05, 3.63) is 72.7 Å². The predicted octanol–water partition coefficient (Wildman–Crippen LogP) is 3.90. The molecule has 132 valence electrons. The van der Waals surface area contributed by atoms with E-state index < -0.39 is 0 Å². The number of hydrogen-bond donors (Lipinski definition) is 1. The third kappa shape index (κ3) is 3.97. The van der Waals surface area contributed by atoms with Crippen molar-refractivity contribution in [2.24, 2.45) is 0 Å². The van der Waals surface area contributed by atoms with Crippen LogP contribution in [0.25, 0.3) is 0 Å². The molecule has 0 atom stereocenters. The molecule has 1 aromatic heterocycles. The Hall–Kier alpha value is -3.41. The highest BCUT2D eigenvalue weighted by atomic mass is 16.5. The summed E-state index contributed by atoms with van der Waals surface area (Å²) in [5, 5.41) is 2.83. The van der Waals surface area contributed by atoms with Gasteiger partial charge in [-0.15, -0.1) is 0 Å². The van der Waals surface area contributed by atoms with Crippen LogP contribution in [-0.2, 0) is 0 Å². The third-order valence-electron chi connectivity index (χ3n) is 3.89. The zero-order chi connectivity index (χ0) is 18.4. The molecule has 0 fully saturated rings. The lowest BCUT2D eigenvalue weighted by Crippen LogP contribution is -2.20. The number of anilines is 3. The molecule has 0 unspecified atom stereocenters. The SMILES string of the molecule is CCN(c1ccccc1)c1cc(C(=O)Nc2ccc(OC)cc2)ncn1. The molecular weight excluding hydrogens is 328 g/mol. The molecule has 26 heavy (non-hydrogen) atoms. The van der Waals surface area contributed by atoms with E-state index in [1.807, 2.05) is 42.2 Å². The lowest BCUT2D eigenvalue weighted by molar-refractivity contribution is 0.102. The Balaban J connectivity index is 1.80. The minimum absolute atomic E-state index is 0.289. The van der Waals surface area contributed by atoms with E-state index in [0.717, 1.165) is 18.0 Å². The van der Waals surface area contributed by atoms with E-state index in [2.05, 4.69) is 15.3 Å². The molecule has 0 saturated carbocycles. The molecule has 0 aliphatic heterocycles. The summed E-state index contributed by atoms with van der Waals surface area (Å²) < 4.78 is 5.12. The second kappa shape index (κ2) is 8.11. The molecule has 0 spiro atoms. The molecule has 0 aliphatic carbocycles. The lowest BCUT2D eigenvalue weighted by atomic mass is 10.2. The van der Waals surface area contributed by atoms with E-state index in [4.69, 9.17) is 4.74 Å². The van der Waals surface area contributed by atoms with Gasteiger partial charge in [-0.25, -0.2) is 9.97 Å². The van der Waals surface area contributed by atoms with Crippen LogP contribution in [0.4, 0.5) is 17.2 Å². The van der Waals surface area contributed by atoms with Crippen molar-refractivity contribution in [1.29, 1.82) is 0 Å². The van der Waals surface area contributed by atoms with Gasteiger partial charge in [-0.1, -0.05) is 18.2 Å². The first-order valence-corrected chi connectivity index (χ1v) is 8.31. The second-order valence-corrected chi connectivity index (χ2v) is 5.52. The van der Waals surface area contributed by atoms with Gasteiger partial charge in [0.2, 0.25) is 0 Å². The fourth-order valence-corrected chi connectivity index (χ4v) is 2.57. The summed E-state index contributed by atoms with van der Waals surface area (Å²) >= 11 is 0. The maximum atomic E-state index is 12.5. The molecule has 1 heterocycles. The summed E-state index contributed by atoms with van der Waals surface area (Å²) in [5.74, 6) is 1.12. The smallest absolute Gasteiger partial charge is 0.274 e. The normalized spacial score (nSPS) is 10.2. The number of benzene rings is 2. The molecule has 2 aromatic carbocycles. The number of aromatic nitrogens is 2. The Labute approximate surface area is 152 Å². The summed E-state index contributed by atoms with van der Waals surface area (Å²) in [5.41, 5.74) is 1.99. The van der Waals surface area contributed by atoms with Crippen molar-refractivity contribution in [2.45, 2.75) is 6.92 Å². The summed E-state index contributed by atoms with van der Waals surface area (Å²) in [7, 11) is 1.60. The number of methoxy groups -OCH3 is 1. The van der Waals surface area contributed by atoms with E-state index in [9.17, 15) is 4.79 Å². The van der Waals surface area contributed by atoms with Crippen molar-refractivity contribution in [1.82, 2.24) is 9.97 Å². The lowest BCUT2D eigenvalue weighted by Gasteiger charge is -2.22. The van der Waals surface area contributed by atoms with Crippen LogP contribution < -0.4 is 15.0 Å². The molecule has 0 bridgehead atoms. The molecule has 1 N–H and O–H groups in total. The first-order valence-electron chi connectivity index (χ1n) is 8.31. The highest BCUT2D eigenvalue weighted by Gasteiger charge is 2.13. The fraction of sp³-hybridized carbons (Fsp3) is 0.150. The number of amides is 1. The zero-order valence-corrected chi connectivity index (χ0v) is 14.7. The number of ether oxygens (including phenoxy) is 1. The fourth-order valence-electron chi connectivity index (χ4n) is 2.57. The highest BCUT2D eigenvalue weighted by molar-refractivity contribution is 6.03. The molecule has 0 radical (unpaired) electrons. The van der Waals surface area contributed by atoms with Crippen LogP contribution in [0.5, 0.6) is 5.75 Å². The molecule has 1 amide bonds. The van der Waals surface area contributed by atoms with Crippen LogP contribution in [0.3, 0.4) is 0 Å². The molecule has 6 heteroatoms. The number of rotatable bonds is 6. The Bertz CT molecular complexity index is 866. The van der Waals surface area contributed by atoms with Gasteiger partial charge in [-0.05, 0) is 43.3 Å². The first-order chi connectivity index (χ1) is 12.7. The number of hydrogen-bond acceptors (Lipinski definition) is 5. The van der Waals surface area contributed by atoms with Gasteiger partial charge in [0.15, 0.2) is 0 Å². The van der Waals surface area contributed by atoms with Crippen molar-refractivity contribution in [2.75, 3.05) is 23.9 Å². The van der Waals surface area contributed by atoms with Gasteiger partial charge in [-0.2, -0.15) is 0 Å². The van der Waals surface area contributed by atoms with Crippen LogP contribution in [0.15, 0.2) is 67.0 Å². The number of carbonyl (C=O) groups excluding carboxylic acids is 1. The highest BCUT2D eigenvalue weighted by Crippen LogP contribution is 2.23. The van der Waals surface area contributed by atoms with Crippen molar-refractivity contribution in [3.8, 4) is 5.75 Å². The Morgan fingerprint density at radius 3 is 2.46 bits per heavy atom. The van der Waals surface area contributed by atoms with Crippen molar-refractivity contribution in [3.63, 3.8) is 0 Å². The van der Waals surface area contributed by atoms with Gasteiger partial charge >= 0.3 is 0 Å². The number of nitrogens with one attached hydrogen (secondary N) is 1. The Morgan fingerprint density at radius 1 is 1.08 bits per heavy atom. The maximum absolute atomic E-state index is 12.5. The van der Waals surface area contributed by atoms with Gasteiger partial charge < -0.3 is 15.0 Å². The van der Waals surface area contributed by atoms with Gasteiger partial charge in [0, 0.05) is 24.0 Å². The Morgan fingerprint density at radius 2 is 1.81 bits per heavy atom. The van der Waals surface area contributed by atoms with Crippen molar-refractivity contribution >= 4 is 23.1 Å². The van der Waals surface area contributed by atoms with Crippen LogP contribution in [0.1, 0.15) is 17.4 Å². The topological polar surface area (TPSA) is 67.4 Å². The number of para-hydroxylation sites is 1. The number of nitrogens with zero attached hydrogens (tertiary/aromatic N) is 3. The summed E-state index contributed by atoms with van der Waals surface area (Å²) in [6.45, 7) is 2.76. The largest absolute Gasteiger partial charge is 0.497 e. The molecule has 0 aliphatic rings. The molecule has 0 saturated heterocycles. The van der Waals surface area contributed by atoms with Crippen LogP contribution in [0.2, 0.25) is 0 Å². The summed E-state index contributed by atoms with van der Waals surface area (Å²) in [6, 6.07) is 18.7. The molecule has 3 rings (SSSR count). The molecule has 6 nitrogen and oxygen atoms in total. The third-order valence-corrected chi connectivity index (χ3v) is 3.89. The standard InChI is InChI=1S/C20H20N4O2/c1-3-24(16-7-5-4-6-8-16)19-13-18(21-14-22-19)20(25)23-15-9-11-17(26-2)12-10-15/h4-14H,3H2,1-2H3,(H,23,25). The van der Waals surface area contributed by atoms with Crippen LogP contribution >= 0.6 is 0 Å². The van der Waals surface area contributed by atoms with Gasteiger partial charge in [-0.3, -0.25) is 4.79 Å². The van der Waals surface area contributed by atoms with Gasteiger partial charge in [0.05, 0.1) is 7.11 Å². The minimum atomic E-state index is -0.289. The monoisotopic (exact) mass is 348 g/mol. The summed E-state index contributed by atoms with van der Waals surface area (Å²) in [6.07, 6.45) is 1.41.